The van der Waals surface area contributed by atoms with Crippen LogP contribution in [0.5, 0.6) is 0 Å². The Morgan fingerprint density at radius 3 is 0.909 bits per heavy atom. The molecule has 0 saturated carbocycles. The molecule has 0 aromatic rings. The zero-order valence-electron chi connectivity index (χ0n) is 29.4. The van der Waals surface area contributed by atoms with Gasteiger partial charge < -0.3 is 14.2 Å². The van der Waals surface area contributed by atoms with Gasteiger partial charge in [-0.05, 0) is 19.3 Å². The van der Waals surface area contributed by atoms with Gasteiger partial charge in [-0.2, -0.15) is 0 Å². The van der Waals surface area contributed by atoms with Gasteiger partial charge in [0, 0.05) is 19.3 Å². The number of rotatable bonds is 34. The van der Waals surface area contributed by atoms with E-state index in [2.05, 4.69) is 20.8 Å². The summed E-state index contributed by atoms with van der Waals surface area (Å²) in [4.78, 5) is 37.1. The second-order valence-corrected chi connectivity index (χ2v) is 12.9. The number of unbranched alkanes of at least 4 members (excludes halogenated alkanes) is 23. The van der Waals surface area contributed by atoms with Crippen LogP contribution in [0.15, 0.2) is 0 Å². The number of carbonyl (C=O) groups excluding carboxylic acids is 3. The Hall–Kier alpha value is -1.59. The first-order chi connectivity index (χ1) is 21.5. The van der Waals surface area contributed by atoms with Crippen molar-refractivity contribution < 1.29 is 28.6 Å². The van der Waals surface area contributed by atoms with Crippen LogP contribution in [0.25, 0.3) is 0 Å². The fourth-order valence-corrected chi connectivity index (χ4v) is 5.44. The summed E-state index contributed by atoms with van der Waals surface area (Å²) in [5.74, 6) is -0.880. The Labute approximate surface area is 272 Å². The highest BCUT2D eigenvalue weighted by atomic mass is 16.6. The minimum absolute atomic E-state index is 0.0651. The van der Waals surface area contributed by atoms with Crippen LogP contribution < -0.4 is 0 Å². The van der Waals surface area contributed by atoms with Gasteiger partial charge in [0.2, 0.25) is 0 Å². The van der Waals surface area contributed by atoms with Crippen LogP contribution in [-0.2, 0) is 28.6 Å². The summed E-state index contributed by atoms with van der Waals surface area (Å²) in [6.07, 6.45) is 31.1. The lowest BCUT2D eigenvalue weighted by Gasteiger charge is -2.18. The molecule has 6 nitrogen and oxygen atoms in total. The molecule has 260 valence electrons. The van der Waals surface area contributed by atoms with E-state index in [-0.39, 0.29) is 31.1 Å². The SMILES string of the molecule is CCCCCCCCCCCCCCCC(=O)OCC(COC(=O)CCCCCCCC)OC(=O)CCCCCCCCC. The van der Waals surface area contributed by atoms with Gasteiger partial charge in [-0.15, -0.1) is 0 Å². The number of carbonyl (C=O) groups is 3. The van der Waals surface area contributed by atoms with Crippen LogP contribution in [-0.4, -0.2) is 37.2 Å². The maximum absolute atomic E-state index is 12.5. The molecule has 0 spiro atoms. The minimum atomic E-state index is -0.754. The number of hydrogen-bond acceptors (Lipinski definition) is 6. The molecular weight excluding hydrogens is 552 g/mol. The van der Waals surface area contributed by atoms with Gasteiger partial charge >= 0.3 is 17.9 Å². The first-order valence-corrected chi connectivity index (χ1v) is 19.0. The van der Waals surface area contributed by atoms with Gasteiger partial charge in [-0.3, -0.25) is 14.4 Å². The Kier molecular flexibility index (Phi) is 33.0. The molecule has 1 unspecified atom stereocenters. The standard InChI is InChI=1S/C38H72O6/c1-4-7-10-13-16-17-18-19-20-21-23-25-28-31-37(40)43-34-35(33-42-36(39)30-27-24-15-12-9-6-3)44-38(41)32-29-26-22-14-11-8-5-2/h35H,4-34H2,1-3H3. The monoisotopic (exact) mass is 625 g/mol. The summed E-state index contributed by atoms with van der Waals surface area (Å²) in [6.45, 7) is 6.52. The smallest absolute Gasteiger partial charge is 0.306 e. The van der Waals surface area contributed by atoms with Gasteiger partial charge in [-0.25, -0.2) is 0 Å². The van der Waals surface area contributed by atoms with E-state index in [9.17, 15) is 14.4 Å². The predicted octanol–water partition coefficient (Wildman–Crippen LogP) is 11.4. The average molecular weight is 625 g/mol. The van der Waals surface area contributed by atoms with Crippen LogP contribution in [0.3, 0.4) is 0 Å². The van der Waals surface area contributed by atoms with Crippen molar-refractivity contribution in [2.45, 2.75) is 213 Å². The Bertz CT molecular complexity index is 649. The van der Waals surface area contributed by atoms with E-state index in [1.807, 2.05) is 0 Å². The molecule has 0 aliphatic carbocycles. The van der Waals surface area contributed by atoms with Crippen molar-refractivity contribution >= 4 is 17.9 Å². The summed E-state index contributed by atoms with van der Waals surface area (Å²) in [6, 6.07) is 0. The molecule has 0 radical (unpaired) electrons. The first kappa shape index (κ1) is 42.4. The molecule has 0 aromatic carbocycles. The van der Waals surface area contributed by atoms with Crippen LogP contribution in [0.4, 0.5) is 0 Å². The largest absolute Gasteiger partial charge is 0.462 e. The highest BCUT2D eigenvalue weighted by Gasteiger charge is 2.19. The van der Waals surface area contributed by atoms with E-state index in [1.54, 1.807) is 0 Å². The highest BCUT2D eigenvalue weighted by molar-refractivity contribution is 5.71. The summed E-state index contributed by atoms with van der Waals surface area (Å²) >= 11 is 0. The van der Waals surface area contributed by atoms with E-state index in [0.29, 0.717) is 19.3 Å². The van der Waals surface area contributed by atoms with Gasteiger partial charge in [0.05, 0.1) is 0 Å². The zero-order valence-corrected chi connectivity index (χ0v) is 29.4. The van der Waals surface area contributed by atoms with Crippen molar-refractivity contribution in [3.63, 3.8) is 0 Å². The van der Waals surface area contributed by atoms with E-state index >= 15 is 0 Å². The summed E-state index contributed by atoms with van der Waals surface area (Å²) in [7, 11) is 0. The highest BCUT2D eigenvalue weighted by Crippen LogP contribution is 2.14. The molecule has 44 heavy (non-hydrogen) atoms. The molecule has 0 aromatic heterocycles. The van der Waals surface area contributed by atoms with Crippen molar-refractivity contribution in [1.29, 1.82) is 0 Å². The Morgan fingerprint density at radius 1 is 0.364 bits per heavy atom. The number of esters is 3. The summed E-state index contributed by atoms with van der Waals surface area (Å²) < 4.78 is 16.5. The molecule has 0 aliphatic heterocycles. The van der Waals surface area contributed by atoms with Gasteiger partial charge in [-0.1, -0.05) is 168 Å². The molecule has 6 heteroatoms. The Morgan fingerprint density at radius 2 is 0.614 bits per heavy atom. The Balaban J connectivity index is 4.23. The zero-order chi connectivity index (χ0) is 32.4. The average Bonchev–Trinajstić information content (AvgIpc) is 3.02. The maximum atomic E-state index is 12.5. The van der Waals surface area contributed by atoms with E-state index in [0.717, 1.165) is 57.8 Å². The molecule has 1 atom stereocenters. The molecule has 0 heterocycles. The second kappa shape index (κ2) is 34.3. The van der Waals surface area contributed by atoms with Crippen molar-refractivity contribution in [3.8, 4) is 0 Å². The normalized spacial score (nSPS) is 11.8. The third-order valence-corrected chi connectivity index (χ3v) is 8.36. The number of ether oxygens (including phenoxy) is 3. The first-order valence-electron chi connectivity index (χ1n) is 19.0. The van der Waals surface area contributed by atoms with E-state index < -0.39 is 6.10 Å². The molecule has 0 fully saturated rings. The van der Waals surface area contributed by atoms with Gasteiger partial charge in [0.1, 0.15) is 13.2 Å². The second-order valence-electron chi connectivity index (χ2n) is 12.9. The third-order valence-electron chi connectivity index (χ3n) is 8.36. The van der Waals surface area contributed by atoms with Crippen LogP contribution in [0, 0.1) is 0 Å². The molecule has 0 amide bonds. The molecule has 0 N–H and O–H groups in total. The van der Waals surface area contributed by atoms with Gasteiger partial charge in [0.15, 0.2) is 6.10 Å². The van der Waals surface area contributed by atoms with Crippen LogP contribution >= 0.6 is 0 Å². The quantitative estimate of drug-likeness (QED) is 0.0402. The fourth-order valence-electron chi connectivity index (χ4n) is 5.44. The van der Waals surface area contributed by atoms with Crippen molar-refractivity contribution in [1.82, 2.24) is 0 Å². The lowest BCUT2D eigenvalue weighted by atomic mass is 10.0. The van der Waals surface area contributed by atoms with Crippen LogP contribution in [0.1, 0.15) is 207 Å². The van der Waals surface area contributed by atoms with Crippen molar-refractivity contribution in [3.05, 3.63) is 0 Å². The number of hydrogen-bond donors (Lipinski definition) is 0. The molecule has 0 aliphatic rings. The van der Waals surface area contributed by atoms with E-state index in [4.69, 9.17) is 14.2 Å². The third kappa shape index (κ3) is 31.8. The molecule has 0 bridgehead atoms. The molecule has 0 saturated heterocycles. The van der Waals surface area contributed by atoms with Crippen molar-refractivity contribution in [2.75, 3.05) is 13.2 Å². The molecule has 0 rings (SSSR count). The summed E-state index contributed by atoms with van der Waals surface area (Å²) in [5, 5.41) is 0. The maximum Gasteiger partial charge on any atom is 0.306 e. The molecular formula is C38H72O6. The van der Waals surface area contributed by atoms with Crippen molar-refractivity contribution in [2.24, 2.45) is 0 Å². The van der Waals surface area contributed by atoms with E-state index in [1.165, 1.54) is 109 Å². The minimum Gasteiger partial charge on any atom is -0.462 e. The lowest BCUT2D eigenvalue weighted by Crippen LogP contribution is -2.30. The lowest BCUT2D eigenvalue weighted by molar-refractivity contribution is -0.167. The summed E-state index contributed by atoms with van der Waals surface area (Å²) in [5.41, 5.74) is 0. The predicted molar refractivity (Wildman–Crippen MR) is 183 cm³/mol. The topological polar surface area (TPSA) is 78.9 Å². The van der Waals surface area contributed by atoms with Crippen LogP contribution in [0.2, 0.25) is 0 Å². The fraction of sp³-hybridized carbons (Fsp3) is 0.921. The van der Waals surface area contributed by atoms with Gasteiger partial charge in [0.25, 0.3) is 0 Å².